The van der Waals surface area contributed by atoms with Gasteiger partial charge in [-0.1, -0.05) is 23.7 Å². The van der Waals surface area contributed by atoms with E-state index in [1.807, 2.05) is 30.5 Å². The average Bonchev–Trinajstić information content (AvgIpc) is 3.20. The second-order valence-corrected chi connectivity index (χ2v) is 7.03. The highest BCUT2D eigenvalue weighted by molar-refractivity contribution is 6.33. The number of benzene rings is 1. The number of nitrogens with one attached hydrogen (secondary N) is 1. The van der Waals surface area contributed by atoms with Gasteiger partial charge in [0.25, 0.3) is 0 Å². The van der Waals surface area contributed by atoms with Gasteiger partial charge in [0.15, 0.2) is 0 Å². The van der Waals surface area contributed by atoms with Gasteiger partial charge in [0.2, 0.25) is 5.95 Å². The van der Waals surface area contributed by atoms with Gasteiger partial charge in [0.05, 0.1) is 54.6 Å². The SMILES string of the molecule is COc1cc(C(CO)CO)ccc1Nc1ncc(Cl)c(-c2cnn3ccccc23)n1. The molecule has 154 valence electrons. The predicted molar refractivity (Wildman–Crippen MR) is 114 cm³/mol. The minimum absolute atomic E-state index is 0.157. The zero-order valence-electron chi connectivity index (χ0n) is 16.2. The third-order valence-electron chi connectivity index (χ3n) is 4.81. The predicted octanol–water partition coefficient (Wildman–Crippen LogP) is 3.27. The van der Waals surface area contributed by atoms with Crippen LogP contribution in [0.2, 0.25) is 5.02 Å². The maximum Gasteiger partial charge on any atom is 0.227 e. The normalized spacial score (nSPS) is 11.2. The van der Waals surface area contributed by atoms with Crippen LogP contribution in [0.15, 0.2) is 55.0 Å². The van der Waals surface area contributed by atoms with Crippen molar-refractivity contribution in [2.24, 2.45) is 0 Å². The van der Waals surface area contributed by atoms with Gasteiger partial charge in [0, 0.05) is 17.7 Å². The molecule has 4 aromatic rings. The van der Waals surface area contributed by atoms with E-state index >= 15 is 0 Å². The lowest BCUT2D eigenvalue weighted by Crippen LogP contribution is -2.09. The molecule has 4 rings (SSSR count). The molecule has 3 N–H and O–H groups in total. The maximum absolute atomic E-state index is 9.41. The molecule has 0 spiro atoms. The maximum atomic E-state index is 9.41. The summed E-state index contributed by atoms with van der Waals surface area (Å²) in [7, 11) is 1.55. The number of nitrogens with zero attached hydrogens (tertiary/aromatic N) is 4. The van der Waals surface area contributed by atoms with Crippen LogP contribution in [0, 0.1) is 0 Å². The van der Waals surface area contributed by atoms with Crippen molar-refractivity contribution in [1.29, 1.82) is 0 Å². The van der Waals surface area contributed by atoms with Gasteiger partial charge in [-0.2, -0.15) is 5.10 Å². The van der Waals surface area contributed by atoms with Crippen molar-refractivity contribution < 1.29 is 14.9 Å². The number of anilines is 2. The lowest BCUT2D eigenvalue weighted by molar-refractivity contribution is 0.192. The minimum atomic E-state index is -0.373. The Balaban J connectivity index is 1.69. The molecule has 30 heavy (non-hydrogen) atoms. The number of aromatic nitrogens is 4. The third kappa shape index (κ3) is 3.80. The topological polar surface area (TPSA) is 105 Å². The molecule has 9 heteroatoms. The highest BCUT2D eigenvalue weighted by atomic mass is 35.5. The molecule has 0 unspecified atom stereocenters. The standard InChI is InChI=1S/C21H20ClN5O3/c1-30-19-8-13(14(11-28)12-29)5-6-17(19)25-21-23-10-16(22)20(26-21)15-9-24-27-7-3-2-4-18(15)27/h2-10,14,28-29H,11-12H2,1H3,(H,23,25,26). The van der Waals surface area contributed by atoms with E-state index in [1.165, 1.54) is 6.20 Å². The number of halogens is 1. The van der Waals surface area contributed by atoms with Crippen molar-refractivity contribution in [2.75, 3.05) is 25.6 Å². The smallest absolute Gasteiger partial charge is 0.227 e. The van der Waals surface area contributed by atoms with Crippen molar-refractivity contribution in [1.82, 2.24) is 19.6 Å². The average molecular weight is 426 g/mol. The Labute approximate surface area is 177 Å². The summed E-state index contributed by atoms with van der Waals surface area (Å²) in [5, 5.41) is 26.7. The van der Waals surface area contributed by atoms with Crippen molar-refractivity contribution in [3.8, 4) is 17.0 Å². The first-order valence-corrected chi connectivity index (χ1v) is 9.64. The van der Waals surface area contributed by atoms with E-state index in [0.717, 1.165) is 16.6 Å². The molecule has 0 aliphatic heterocycles. The minimum Gasteiger partial charge on any atom is -0.495 e. The second kappa shape index (κ2) is 8.66. The summed E-state index contributed by atoms with van der Waals surface area (Å²) in [4.78, 5) is 8.85. The Hall–Kier alpha value is -3.20. The van der Waals surface area contributed by atoms with Crippen LogP contribution in [0.3, 0.4) is 0 Å². The molecule has 0 saturated heterocycles. The van der Waals surface area contributed by atoms with Crippen LogP contribution >= 0.6 is 11.6 Å². The molecule has 8 nitrogen and oxygen atoms in total. The molecule has 3 heterocycles. The molecule has 1 aromatic carbocycles. The van der Waals surface area contributed by atoms with E-state index in [9.17, 15) is 10.2 Å². The Morgan fingerprint density at radius 1 is 1.17 bits per heavy atom. The first kappa shape index (κ1) is 20.1. The fraction of sp³-hybridized carbons (Fsp3) is 0.190. The van der Waals surface area contributed by atoms with Gasteiger partial charge in [-0.05, 0) is 29.8 Å². The van der Waals surface area contributed by atoms with Gasteiger partial charge in [-0.3, -0.25) is 0 Å². The molecule has 0 saturated carbocycles. The molecule has 3 aromatic heterocycles. The van der Waals surface area contributed by atoms with E-state index in [-0.39, 0.29) is 19.1 Å². The number of aliphatic hydroxyl groups excluding tert-OH is 2. The molecule has 0 fully saturated rings. The molecular weight excluding hydrogens is 406 g/mol. The van der Waals surface area contributed by atoms with Crippen molar-refractivity contribution >= 4 is 28.8 Å². The number of rotatable bonds is 7. The fourth-order valence-electron chi connectivity index (χ4n) is 3.19. The summed E-state index contributed by atoms with van der Waals surface area (Å²) < 4.78 is 7.21. The number of fused-ring (bicyclic) bond motifs is 1. The number of hydrogen-bond donors (Lipinski definition) is 3. The summed E-state index contributed by atoms with van der Waals surface area (Å²) in [6.45, 7) is -0.314. The number of ether oxygens (including phenoxy) is 1. The monoisotopic (exact) mass is 425 g/mol. The highest BCUT2D eigenvalue weighted by Gasteiger charge is 2.16. The Bertz CT molecular complexity index is 1180. The van der Waals surface area contributed by atoms with Crippen LogP contribution in [-0.4, -0.2) is 50.1 Å². The molecule has 0 aliphatic rings. The van der Waals surface area contributed by atoms with Crippen LogP contribution in [0.4, 0.5) is 11.6 Å². The van der Waals surface area contributed by atoms with E-state index in [4.69, 9.17) is 16.3 Å². The summed E-state index contributed by atoms with van der Waals surface area (Å²) >= 11 is 6.38. The quantitative estimate of drug-likeness (QED) is 0.417. The lowest BCUT2D eigenvalue weighted by atomic mass is 10.0. The second-order valence-electron chi connectivity index (χ2n) is 6.63. The zero-order chi connectivity index (χ0) is 21.1. The Kier molecular flexibility index (Phi) is 5.80. The lowest BCUT2D eigenvalue weighted by Gasteiger charge is -2.16. The van der Waals surface area contributed by atoms with Gasteiger partial charge < -0.3 is 20.3 Å². The summed E-state index contributed by atoms with van der Waals surface area (Å²) in [6, 6.07) is 11.1. The number of aliphatic hydroxyl groups is 2. The molecule has 0 radical (unpaired) electrons. The molecule has 0 atom stereocenters. The van der Waals surface area contributed by atoms with Gasteiger partial charge >= 0.3 is 0 Å². The van der Waals surface area contributed by atoms with Gasteiger partial charge in [0.1, 0.15) is 5.75 Å². The molecule has 0 amide bonds. The van der Waals surface area contributed by atoms with Crippen LogP contribution in [-0.2, 0) is 0 Å². The van der Waals surface area contributed by atoms with Gasteiger partial charge in [-0.25, -0.2) is 14.5 Å². The number of hydrogen-bond acceptors (Lipinski definition) is 7. The molecule has 0 aliphatic carbocycles. The highest BCUT2D eigenvalue weighted by Crippen LogP contribution is 2.33. The number of methoxy groups -OCH3 is 1. The van der Waals surface area contributed by atoms with Crippen molar-refractivity contribution in [2.45, 2.75) is 5.92 Å². The fourth-order valence-corrected chi connectivity index (χ4v) is 3.38. The molecular formula is C21H20ClN5O3. The Morgan fingerprint density at radius 3 is 2.77 bits per heavy atom. The van der Waals surface area contributed by atoms with Crippen LogP contribution in [0.5, 0.6) is 5.75 Å². The first-order chi connectivity index (χ1) is 14.6. The number of pyridine rings is 1. The van der Waals surface area contributed by atoms with E-state index in [2.05, 4.69) is 20.4 Å². The largest absolute Gasteiger partial charge is 0.495 e. The van der Waals surface area contributed by atoms with Crippen LogP contribution < -0.4 is 10.1 Å². The third-order valence-corrected chi connectivity index (χ3v) is 5.09. The van der Waals surface area contributed by atoms with Crippen LogP contribution in [0.1, 0.15) is 11.5 Å². The van der Waals surface area contributed by atoms with Gasteiger partial charge in [-0.15, -0.1) is 0 Å². The summed E-state index contributed by atoms with van der Waals surface area (Å²) in [5.41, 5.74) is 3.65. The first-order valence-electron chi connectivity index (χ1n) is 9.26. The Morgan fingerprint density at radius 2 is 2.00 bits per heavy atom. The van der Waals surface area contributed by atoms with E-state index in [0.29, 0.717) is 28.1 Å². The van der Waals surface area contributed by atoms with Crippen molar-refractivity contribution in [3.63, 3.8) is 0 Å². The summed E-state index contributed by atoms with van der Waals surface area (Å²) in [6.07, 6.45) is 5.10. The van der Waals surface area contributed by atoms with E-state index in [1.54, 1.807) is 30.0 Å². The zero-order valence-corrected chi connectivity index (χ0v) is 16.9. The van der Waals surface area contributed by atoms with Crippen LogP contribution in [0.25, 0.3) is 16.8 Å². The van der Waals surface area contributed by atoms with Crippen molar-refractivity contribution in [3.05, 3.63) is 65.6 Å². The van der Waals surface area contributed by atoms with E-state index < -0.39 is 0 Å². The molecule has 0 bridgehead atoms. The summed E-state index contributed by atoms with van der Waals surface area (Å²) in [5.74, 6) is 0.508.